The molecule has 86 valence electrons. The summed E-state index contributed by atoms with van der Waals surface area (Å²) in [5, 5.41) is 3.11. The van der Waals surface area contributed by atoms with Crippen molar-refractivity contribution in [2.45, 2.75) is 6.42 Å². The van der Waals surface area contributed by atoms with Gasteiger partial charge in [-0.05, 0) is 6.42 Å². The zero-order valence-corrected chi connectivity index (χ0v) is 10.3. The van der Waals surface area contributed by atoms with Crippen molar-refractivity contribution in [2.24, 2.45) is 0 Å². The molecule has 0 aromatic carbocycles. The fourth-order valence-corrected chi connectivity index (χ4v) is 3.09. The van der Waals surface area contributed by atoms with Gasteiger partial charge in [-0.2, -0.15) is 4.31 Å². The van der Waals surface area contributed by atoms with Crippen molar-refractivity contribution in [3.8, 4) is 0 Å². The monoisotopic (exact) mass is 262 g/mol. The highest BCUT2D eigenvalue weighted by atomic mass is 35.5. The first-order valence-corrected chi connectivity index (χ1v) is 6.56. The lowest BCUT2D eigenvalue weighted by atomic mass is 10.4. The van der Waals surface area contributed by atoms with Crippen LogP contribution >= 0.6 is 24.0 Å². The Morgan fingerprint density at radius 3 is 2.36 bits per heavy atom. The molecule has 0 saturated carbocycles. The normalized spacial score (nSPS) is 18.9. The van der Waals surface area contributed by atoms with Crippen LogP contribution in [0.4, 0.5) is 0 Å². The van der Waals surface area contributed by atoms with E-state index < -0.39 is 10.0 Å². The van der Waals surface area contributed by atoms with Crippen LogP contribution in [-0.4, -0.2) is 50.5 Å². The molecule has 0 unspecified atom stereocenters. The first kappa shape index (κ1) is 14.5. The number of rotatable bonds is 4. The summed E-state index contributed by atoms with van der Waals surface area (Å²) >= 11 is 5.45. The summed E-state index contributed by atoms with van der Waals surface area (Å²) in [4.78, 5) is 0. The van der Waals surface area contributed by atoms with Crippen LogP contribution < -0.4 is 5.32 Å². The number of hydrogen-bond acceptors (Lipinski definition) is 3. The molecular weight excluding hydrogens is 247 g/mol. The Labute approximate surface area is 96.4 Å². The highest BCUT2D eigenvalue weighted by Crippen LogP contribution is 2.05. The average molecular weight is 263 g/mol. The number of piperazine rings is 1. The Morgan fingerprint density at radius 1 is 1.29 bits per heavy atom. The van der Waals surface area contributed by atoms with Crippen LogP contribution in [0.25, 0.3) is 0 Å². The third-order valence-corrected chi connectivity index (χ3v) is 4.23. The van der Waals surface area contributed by atoms with Gasteiger partial charge in [0.05, 0.1) is 5.75 Å². The van der Waals surface area contributed by atoms with Crippen molar-refractivity contribution in [3.05, 3.63) is 0 Å². The number of halogens is 2. The number of alkyl halides is 1. The van der Waals surface area contributed by atoms with Crippen LogP contribution in [0.2, 0.25) is 0 Å². The van der Waals surface area contributed by atoms with Gasteiger partial charge in [-0.1, -0.05) is 0 Å². The van der Waals surface area contributed by atoms with E-state index in [2.05, 4.69) is 5.32 Å². The van der Waals surface area contributed by atoms with Gasteiger partial charge in [0.15, 0.2) is 0 Å². The first-order chi connectivity index (χ1) is 6.17. The molecule has 0 aromatic heterocycles. The minimum atomic E-state index is -3.04. The fraction of sp³-hybridized carbons (Fsp3) is 1.00. The zero-order chi connectivity index (χ0) is 9.73. The van der Waals surface area contributed by atoms with Gasteiger partial charge in [-0.3, -0.25) is 0 Å². The molecule has 0 aromatic rings. The molecule has 1 fully saturated rings. The smallest absolute Gasteiger partial charge is 0.214 e. The molecule has 0 atom stereocenters. The molecule has 0 aliphatic carbocycles. The van der Waals surface area contributed by atoms with Gasteiger partial charge in [0, 0.05) is 32.1 Å². The fourth-order valence-electron chi connectivity index (χ4n) is 1.29. The average Bonchev–Trinajstić information content (AvgIpc) is 2.16. The highest BCUT2D eigenvalue weighted by molar-refractivity contribution is 7.89. The Hall–Kier alpha value is 0.450. The van der Waals surface area contributed by atoms with E-state index >= 15 is 0 Å². The molecule has 1 N–H and O–H groups in total. The molecule has 1 heterocycles. The SMILES string of the molecule is Cl.O=S(=O)(CCCCl)N1CCNCC1. The predicted octanol–water partition coefficient (Wildman–Crippen LogP) is 0.272. The van der Waals surface area contributed by atoms with Crippen LogP contribution in [-0.2, 0) is 10.0 Å². The largest absolute Gasteiger partial charge is 0.314 e. The van der Waals surface area contributed by atoms with Gasteiger partial charge in [-0.15, -0.1) is 24.0 Å². The minimum Gasteiger partial charge on any atom is -0.314 e. The van der Waals surface area contributed by atoms with E-state index in [0.717, 1.165) is 13.1 Å². The second kappa shape index (κ2) is 6.85. The van der Waals surface area contributed by atoms with Crippen molar-refractivity contribution in [3.63, 3.8) is 0 Å². The van der Waals surface area contributed by atoms with E-state index in [-0.39, 0.29) is 18.2 Å². The van der Waals surface area contributed by atoms with Crippen LogP contribution in [0.1, 0.15) is 6.42 Å². The van der Waals surface area contributed by atoms with Gasteiger partial charge < -0.3 is 5.32 Å². The second-order valence-corrected chi connectivity index (χ2v) is 5.47. The van der Waals surface area contributed by atoms with Crippen LogP contribution in [0.5, 0.6) is 0 Å². The number of nitrogens with one attached hydrogen (secondary N) is 1. The van der Waals surface area contributed by atoms with E-state index in [1.807, 2.05) is 0 Å². The molecule has 0 amide bonds. The molecule has 1 rings (SSSR count). The molecule has 1 aliphatic rings. The van der Waals surface area contributed by atoms with Gasteiger partial charge in [0.1, 0.15) is 0 Å². The first-order valence-electron chi connectivity index (χ1n) is 4.41. The quantitative estimate of drug-likeness (QED) is 0.741. The Balaban J connectivity index is 0.00000169. The van der Waals surface area contributed by atoms with E-state index in [0.29, 0.717) is 25.4 Å². The van der Waals surface area contributed by atoms with E-state index in [9.17, 15) is 8.42 Å². The van der Waals surface area contributed by atoms with Gasteiger partial charge in [0.2, 0.25) is 10.0 Å². The molecule has 1 saturated heterocycles. The molecule has 0 radical (unpaired) electrons. The van der Waals surface area contributed by atoms with E-state index in [1.165, 1.54) is 4.31 Å². The van der Waals surface area contributed by atoms with Crippen molar-refractivity contribution in [1.82, 2.24) is 9.62 Å². The maximum absolute atomic E-state index is 11.6. The molecule has 0 bridgehead atoms. The standard InChI is InChI=1S/C7H15ClN2O2S.ClH/c8-2-1-7-13(11,12)10-5-3-9-4-6-10;/h9H,1-7H2;1H. The Kier molecular flexibility index (Phi) is 7.07. The summed E-state index contributed by atoms with van der Waals surface area (Å²) in [6.45, 7) is 2.68. The van der Waals surface area contributed by atoms with Crippen LogP contribution in [0.3, 0.4) is 0 Å². The van der Waals surface area contributed by atoms with Crippen molar-refractivity contribution >= 4 is 34.0 Å². The third kappa shape index (κ3) is 4.31. The van der Waals surface area contributed by atoms with Crippen molar-refractivity contribution in [2.75, 3.05) is 37.8 Å². The van der Waals surface area contributed by atoms with Gasteiger partial charge in [0.25, 0.3) is 0 Å². The summed E-state index contributed by atoms with van der Waals surface area (Å²) < 4.78 is 24.7. The molecule has 7 heteroatoms. The van der Waals surface area contributed by atoms with Crippen molar-refractivity contribution < 1.29 is 8.42 Å². The topological polar surface area (TPSA) is 49.4 Å². The number of sulfonamides is 1. The minimum absolute atomic E-state index is 0. The zero-order valence-electron chi connectivity index (χ0n) is 7.91. The summed E-state index contributed by atoms with van der Waals surface area (Å²) in [6.07, 6.45) is 0.536. The Morgan fingerprint density at radius 2 is 1.86 bits per heavy atom. The Bertz CT molecular complexity index is 240. The third-order valence-electron chi connectivity index (χ3n) is 2.01. The lowest BCUT2D eigenvalue weighted by Crippen LogP contribution is -2.47. The molecular formula is C7H16Cl2N2O2S. The van der Waals surface area contributed by atoms with Gasteiger partial charge >= 0.3 is 0 Å². The maximum Gasteiger partial charge on any atom is 0.214 e. The number of hydrogen-bond donors (Lipinski definition) is 1. The van der Waals surface area contributed by atoms with Crippen LogP contribution in [0.15, 0.2) is 0 Å². The van der Waals surface area contributed by atoms with Crippen LogP contribution in [0, 0.1) is 0 Å². The summed E-state index contributed by atoms with van der Waals surface area (Å²) in [5.74, 6) is 0.585. The molecule has 0 spiro atoms. The van der Waals surface area contributed by atoms with E-state index in [1.54, 1.807) is 0 Å². The summed E-state index contributed by atoms with van der Waals surface area (Å²) in [6, 6.07) is 0. The predicted molar refractivity (Wildman–Crippen MR) is 60.8 cm³/mol. The second-order valence-electron chi connectivity index (χ2n) is 3.01. The summed E-state index contributed by atoms with van der Waals surface area (Å²) in [7, 11) is -3.04. The highest BCUT2D eigenvalue weighted by Gasteiger charge is 2.22. The number of nitrogens with zero attached hydrogens (tertiary/aromatic N) is 1. The summed E-state index contributed by atoms with van der Waals surface area (Å²) in [5.41, 5.74) is 0. The molecule has 4 nitrogen and oxygen atoms in total. The van der Waals surface area contributed by atoms with E-state index in [4.69, 9.17) is 11.6 Å². The lowest BCUT2D eigenvalue weighted by molar-refractivity contribution is 0.360. The van der Waals surface area contributed by atoms with Gasteiger partial charge in [-0.25, -0.2) is 8.42 Å². The molecule has 1 aliphatic heterocycles. The molecule has 14 heavy (non-hydrogen) atoms. The lowest BCUT2D eigenvalue weighted by Gasteiger charge is -2.26. The maximum atomic E-state index is 11.6. The van der Waals surface area contributed by atoms with Crippen molar-refractivity contribution in [1.29, 1.82) is 0 Å².